The molecule has 0 aromatic heterocycles. The molecule has 13 heavy (non-hydrogen) atoms. The van der Waals surface area contributed by atoms with Crippen LogP contribution in [0.3, 0.4) is 0 Å². The average Bonchev–Trinajstić information content (AvgIpc) is 2.50. The van der Waals surface area contributed by atoms with E-state index in [0.717, 1.165) is 12.2 Å². The largest absolute Gasteiger partial charge is 0.370 e. The topological polar surface area (TPSA) is 35.5 Å². The van der Waals surface area contributed by atoms with Gasteiger partial charge in [-0.3, -0.25) is 10.2 Å². The fraction of sp³-hybridized carbons (Fsp3) is 0.400. The van der Waals surface area contributed by atoms with Crippen LogP contribution in [0.5, 0.6) is 0 Å². The van der Waals surface area contributed by atoms with Gasteiger partial charge in [-0.15, -0.1) is 0 Å². The maximum Gasteiger partial charge on any atom is 0.157 e. The Balaban J connectivity index is 2.34. The van der Waals surface area contributed by atoms with E-state index in [1.54, 1.807) is 0 Å². The van der Waals surface area contributed by atoms with Crippen LogP contribution >= 0.6 is 0 Å². The van der Waals surface area contributed by atoms with Crippen LogP contribution in [-0.4, -0.2) is 30.3 Å². The Labute approximate surface area is 78.0 Å². The number of likely N-dealkylation sites (N-methyl/N-ethyl adjacent to an activating group) is 1. The summed E-state index contributed by atoms with van der Waals surface area (Å²) in [5.41, 5.74) is 0.115. The molecular weight excluding hydrogens is 164 g/mol. The van der Waals surface area contributed by atoms with E-state index in [9.17, 15) is 5.11 Å². The minimum absolute atomic E-state index is 0.591. The van der Waals surface area contributed by atoms with Crippen molar-refractivity contribution < 1.29 is 5.11 Å². The zero-order chi connectivity index (χ0) is 9.31. The minimum atomic E-state index is -0.832. The summed E-state index contributed by atoms with van der Waals surface area (Å²) in [5, 5.41) is 13.4. The number of benzene rings is 1. The van der Waals surface area contributed by atoms with E-state index in [-0.39, 0.29) is 0 Å². The summed E-state index contributed by atoms with van der Waals surface area (Å²) in [4.78, 5) is 1.91. The second-order valence-corrected chi connectivity index (χ2v) is 3.47. The quantitative estimate of drug-likeness (QED) is 0.650. The number of hydrogen-bond donors (Lipinski definition) is 2. The lowest BCUT2D eigenvalue weighted by Crippen LogP contribution is -2.40. The van der Waals surface area contributed by atoms with Crippen molar-refractivity contribution in [2.24, 2.45) is 0 Å². The SMILES string of the molecule is CN1CNCC1(O)c1ccccc1. The van der Waals surface area contributed by atoms with Gasteiger partial charge in [0.25, 0.3) is 0 Å². The molecule has 0 bridgehead atoms. The first-order valence-corrected chi connectivity index (χ1v) is 4.43. The molecule has 1 saturated heterocycles. The van der Waals surface area contributed by atoms with Gasteiger partial charge < -0.3 is 5.11 Å². The summed E-state index contributed by atoms with van der Waals surface area (Å²) in [7, 11) is 1.91. The zero-order valence-corrected chi connectivity index (χ0v) is 7.70. The second kappa shape index (κ2) is 3.10. The molecule has 3 nitrogen and oxygen atoms in total. The third-order valence-electron chi connectivity index (χ3n) is 2.59. The van der Waals surface area contributed by atoms with Crippen molar-refractivity contribution in [1.29, 1.82) is 0 Å². The first kappa shape index (κ1) is 8.69. The number of β-amino-alcohol motifs (C(OH)–C–C–N with tert-alkyl or cyclic N) is 1. The second-order valence-electron chi connectivity index (χ2n) is 3.47. The number of nitrogens with one attached hydrogen (secondary N) is 1. The van der Waals surface area contributed by atoms with Crippen LogP contribution in [0.1, 0.15) is 5.56 Å². The zero-order valence-electron chi connectivity index (χ0n) is 7.70. The van der Waals surface area contributed by atoms with E-state index in [0.29, 0.717) is 6.54 Å². The van der Waals surface area contributed by atoms with Crippen LogP contribution < -0.4 is 5.32 Å². The Bertz CT molecular complexity index is 288. The molecule has 0 aliphatic carbocycles. The molecule has 0 amide bonds. The highest BCUT2D eigenvalue weighted by Gasteiger charge is 2.37. The lowest BCUT2D eigenvalue weighted by Gasteiger charge is -2.29. The highest BCUT2D eigenvalue weighted by atomic mass is 16.3. The summed E-state index contributed by atoms with van der Waals surface area (Å²) < 4.78 is 0. The van der Waals surface area contributed by atoms with E-state index < -0.39 is 5.72 Å². The summed E-state index contributed by atoms with van der Waals surface area (Å²) >= 11 is 0. The van der Waals surface area contributed by atoms with Gasteiger partial charge in [-0.1, -0.05) is 30.3 Å². The summed E-state index contributed by atoms with van der Waals surface area (Å²) in [5.74, 6) is 0. The van der Waals surface area contributed by atoms with Crippen molar-refractivity contribution in [2.75, 3.05) is 20.3 Å². The lowest BCUT2D eigenvalue weighted by atomic mass is 10.0. The molecular formula is C10H14N2O. The van der Waals surface area contributed by atoms with Crippen LogP contribution in [0.2, 0.25) is 0 Å². The molecule has 1 aliphatic heterocycles. The Kier molecular flexibility index (Phi) is 2.07. The van der Waals surface area contributed by atoms with Crippen molar-refractivity contribution in [2.45, 2.75) is 5.72 Å². The minimum Gasteiger partial charge on any atom is -0.370 e. The average molecular weight is 178 g/mol. The standard InChI is InChI=1S/C10H14N2O/c1-12-8-11-7-10(12,13)9-5-3-2-4-6-9/h2-6,11,13H,7-8H2,1H3. The Hall–Kier alpha value is -0.900. The Morgan fingerprint density at radius 2 is 2.08 bits per heavy atom. The van der Waals surface area contributed by atoms with Gasteiger partial charge in [0.15, 0.2) is 5.72 Å². The highest BCUT2D eigenvalue weighted by Crippen LogP contribution is 2.26. The van der Waals surface area contributed by atoms with Crippen molar-refractivity contribution >= 4 is 0 Å². The summed E-state index contributed by atoms with van der Waals surface area (Å²) in [6.45, 7) is 1.32. The van der Waals surface area contributed by atoms with Crippen LogP contribution in [0.15, 0.2) is 30.3 Å². The highest BCUT2D eigenvalue weighted by molar-refractivity contribution is 5.23. The lowest BCUT2D eigenvalue weighted by molar-refractivity contribution is -0.0625. The molecule has 1 aromatic rings. The molecule has 1 heterocycles. The van der Waals surface area contributed by atoms with Gasteiger partial charge in [-0.2, -0.15) is 0 Å². The first-order chi connectivity index (χ1) is 6.23. The fourth-order valence-corrected chi connectivity index (χ4v) is 1.69. The summed E-state index contributed by atoms with van der Waals surface area (Å²) in [6, 6.07) is 9.74. The number of rotatable bonds is 1. The van der Waals surface area contributed by atoms with Crippen molar-refractivity contribution in [3.63, 3.8) is 0 Å². The summed E-state index contributed by atoms with van der Waals surface area (Å²) in [6.07, 6.45) is 0. The Morgan fingerprint density at radius 3 is 2.62 bits per heavy atom. The van der Waals surface area contributed by atoms with Crippen LogP contribution in [-0.2, 0) is 5.72 Å². The van der Waals surface area contributed by atoms with Gasteiger partial charge in [-0.25, -0.2) is 0 Å². The smallest absolute Gasteiger partial charge is 0.157 e. The maximum atomic E-state index is 10.3. The van der Waals surface area contributed by atoms with Gasteiger partial charge in [0.2, 0.25) is 0 Å². The van der Waals surface area contributed by atoms with E-state index in [1.807, 2.05) is 42.3 Å². The van der Waals surface area contributed by atoms with Crippen molar-refractivity contribution in [3.8, 4) is 0 Å². The maximum absolute atomic E-state index is 10.3. The molecule has 2 rings (SSSR count). The number of nitrogens with zero attached hydrogens (tertiary/aromatic N) is 1. The Morgan fingerprint density at radius 1 is 1.38 bits per heavy atom. The van der Waals surface area contributed by atoms with Crippen LogP contribution in [0.25, 0.3) is 0 Å². The first-order valence-electron chi connectivity index (χ1n) is 4.43. The van der Waals surface area contributed by atoms with Crippen LogP contribution in [0.4, 0.5) is 0 Å². The molecule has 0 radical (unpaired) electrons. The normalized spacial score (nSPS) is 29.4. The van der Waals surface area contributed by atoms with E-state index in [4.69, 9.17) is 0 Å². The third-order valence-corrected chi connectivity index (χ3v) is 2.59. The third kappa shape index (κ3) is 1.35. The molecule has 3 heteroatoms. The molecule has 1 unspecified atom stereocenters. The van der Waals surface area contributed by atoms with Gasteiger partial charge in [0.1, 0.15) is 0 Å². The molecule has 1 atom stereocenters. The number of hydrogen-bond acceptors (Lipinski definition) is 3. The van der Waals surface area contributed by atoms with Crippen molar-refractivity contribution in [3.05, 3.63) is 35.9 Å². The molecule has 70 valence electrons. The molecule has 0 spiro atoms. The molecule has 1 fully saturated rings. The molecule has 1 aromatic carbocycles. The fourth-order valence-electron chi connectivity index (χ4n) is 1.69. The van der Waals surface area contributed by atoms with Crippen LogP contribution in [0, 0.1) is 0 Å². The number of aliphatic hydroxyl groups is 1. The molecule has 0 saturated carbocycles. The monoisotopic (exact) mass is 178 g/mol. The molecule has 1 aliphatic rings. The van der Waals surface area contributed by atoms with E-state index >= 15 is 0 Å². The molecule has 2 N–H and O–H groups in total. The van der Waals surface area contributed by atoms with Crippen molar-refractivity contribution in [1.82, 2.24) is 10.2 Å². The van der Waals surface area contributed by atoms with Gasteiger partial charge >= 0.3 is 0 Å². The predicted molar refractivity (Wildman–Crippen MR) is 51.0 cm³/mol. The predicted octanol–water partition coefficient (Wildman–Crippen LogP) is 0.324. The van der Waals surface area contributed by atoms with Gasteiger partial charge in [0.05, 0.1) is 6.67 Å². The van der Waals surface area contributed by atoms with E-state index in [1.165, 1.54) is 0 Å². The van der Waals surface area contributed by atoms with Gasteiger partial charge in [-0.05, 0) is 12.6 Å². The van der Waals surface area contributed by atoms with Gasteiger partial charge in [0, 0.05) is 6.54 Å². The van der Waals surface area contributed by atoms with E-state index in [2.05, 4.69) is 5.32 Å².